The van der Waals surface area contributed by atoms with E-state index in [2.05, 4.69) is 10.3 Å². The van der Waals surface area contributed by atoms with Gasteiger partial charge in [0.15, 0.2) is 5.82 Å². The Morgan fingerprint density at radius 2 is 2.05 bits per heavy atom. The lowest BCUT2D eigenvalue weighted by molar-refractivity contribution is 0.131. The fraction of sp³-hybridized carbons (Fsp3) is 0.312. The summed E-state index contributed by atoms with van der Waals surface area (Å²) in [7, 11) is 0. The van der Waals surface area contributed by atoms with Gasteiger partial charge >= 0.3 is 0 Å². The van der Waals surface area contributed by atoms with Gasteiger partial charge < -0.3 is 10.1 Å². The maximum absolute atomic E-state index is 13.7. The Hall–Kier alpha value is -1.94. The summed E-state index contributed by atoms with van der Waals surface area (Å²) in [6.45, 7) is 1.86. The Morgan fingerprint density at radius 3 is 2.75 bits per heavy atom. The molecule has 4 heteroatoms. The van der Waals surface area contributed by atoms with Crippen molar-refractivity contribution in [2.45, 2.75) is 12.5 Å². The van der Waals surface area contributed by atoms with Gasteiger partial charge in [0.2, 0.25) is 0 Å². The number of rotatable bonds is 4. The SMILES string of the molecule is Fc1cccnc1OC(c1ccccc1)[C@H]1CCNC1. The summed E-state index contributed by atoms with van der Waals surface area (Å²) in [6.07, 6.45) is 2.40. The monoisotopic (exact) mass is 272 g/mol. The summed E-state index contributed by atoms with van der Waals surface area (Å²) in [5.41, 5.74) is 1.06. The van der Waals surface area contributed by atoms with Crippen LogP contribution in [0.5, 0.6) is 5.88 Å². The Bertz CT molecular complexity index is 555. The lowest BCUT2D eigenvalue weighted by atomic mass is 9.95. The average molecular weight is 272 g/mol. The molecule has 0 bridgehead atoms. The molecule has 20 heavy (non-hydrogen) atoms. The van der Waals surface area contributed by atoms with E-state index in [9.17, 15) is 4.39 Å². The molecule has 3 nitrogen and oxygen atoms in total. The second-order valence-electron chi connectivity index (χ2n) is 4.99. The summed E-state index contributed by atoms with van der Waals surface area (Å²) in [4.78, 5) is 4.00. The summed E-state index contributed by atoms with van der Waals surface area (Å²) < 4.78 is 19.6. The van der Waals surface area contributed by atoms with Crippen LogP contribution >= 0.6 is 0 Å². The number of hydrogen-bond acceptors (Lipinski definition) is 3. The van der Waals surface area contributed by atoms with E-state index in [-0.39, 0.29) is 12.0 Å². The van der Waals surface area contributed by atoms with E-state index in [1.165, 1.54) is 6.07 Å². The van der Waals surface area contributed by atoms with E-state index in [0.29, 0.717) is 5.92 Å². The molecule has 0 spiro atoms. The summed E-state index contributed by atoms with van der Waals surface area (Å²) in [6, 6.07) is 12.9. The van der Waals surface area contributed by atoms with Crippen LogP contribution in [0.25, 0.3) is 0 Å². The van der Waals surface area contributed by atoms with E-state index in [4.69, 9.17) is 4.74 Å². The highest BCUT2D eigenvalue weighted by atomic mass is 19.1. The van der Waals surface area contributed by atoms with Gasteiger partial charge in [-0.25, -0.2) is 9.37 Å². The zero-order chi connectivity index (χ0) is 13.8. The van der Waals surface area contributed by atoms with Gasteiger partial charge in [-0.3, -0.25) is 0 Å². The number of nitrogens with one attached hydrogen (secondary N) is 1. The number of hydrogen-bond donors (Lipinski definition) is 1. The van der Waals surface area contributed by atoms with Crippen molar-refractivity contribution in [2.24, 2.45) is 5.92 Å². The maximum atomic E-state index is 13.7. The van der Waals surface area contributed by atoms with E-state index in [1.807, 2.05) is 30.3 Å². The molecule has 1 unspecified atom stereocenters. The van der Waals surface area contributed by atoms with Crippen LogP contribution in [0, 0.1) is 11.7 Å². The first kappa shape index (κ1) is 13.1. The van der Waals surface area contributed by atoms with Gasteiger partial charge in [-0.1, -0.05) is 30.3 Å². The van der Waals surface area contributed by atoms with Gasteiger partial charge in [-0.2, -0.15) is 0 Å². The number of benzene rings is 1. The molecule has 0 aliphatic carbocycles. The fourth-order valence-corrected chi connectivity index (χ4v) is 2.59. The second kappa shape index (κ2) is 6.01. The van der Waals surface area contributed by atoms with Crippen LogP contribution in [0.3, 0.4) is 0 Å². The lowest BCUT2D eigenvalue weighted by Gasteiger charge is -2.24. The summed E-state index contributed by atoms with van der Waals surface area (Å²) in [5.74, 6) is -0.00792. The predicted molar refractivity (Wildman–Crippen MR) is 75.0 cm³/mol. The molecular formula is C16H17FN2O. The van der Waals surface area contributed by atoms with Crippen molar-refractivity contribution in [3.63, 3.8) is 0 Å². The predicted octanol–water partition coefficient (Wildman–Crippen LogP) is 2.95. The molecule has 0 radical (unpaired) electrons. The molecule has 1 aromatic carbocycles. The van der Waals surface area contributed by atoms with Crippen LogP contribution in [-0.4, -0.2) is 18.1 Å². The van der Waals surface area contributed by atoms with E-state index < -0.39 is 5.82 Å². The second-order valence-corrected chi connectivity index (χ2v) is 4.99. The molecular weight excluding hydrogens is 255 g/mol. The Morgan fingerprint density at radius 1 is 1.20 bits per heavy atom. The molecule has 1 aliphatic rings. The van der Waals surface area contributed by atoms with Gasteiger partial charge in [0.25, 0.3) is 5.88 Å². The van der Waals surface area contributed by atoms with Gasteiger partial charge in [0.1, 0.15) is 6.10 Å². The van der Waals surface area contributed by atoms with Crippen LogP contribution in [0.4, 0.5) is 4.39 Å². The number of ether oxygens (including phenoxy) is 1. The minimum atomic E-state index is -0.417. The minimum Gasteiger partial charge on any atom is -0.467 e. The topological polar surface area (TPSA) is 34.1 Å². The van der Waals surface area contributed by atoms with E-state index in [1.54, 1.807) is 12.3 Å². The van der Waals surface area contributed by atoms with Crippen molar-refractivity contribution in [3.8, 4) is 5.88 Å². The number of nitrogens with zero attached hydrogens (tertiary/aromatic N) is 1. The standard InChI is InChI=1S/C16H17FN2O/c17-14-7-4-9-19-16(14)20-15(13-8-10-18-11-13)12-5-2-1-3-6-12/h1-7,9,13,15,18H,8,10-11H2/t13-,15?/m0/s1. The molecule has 3 rings (SSSR count). The third-order valence-electron chi connectivity index (χ3n) is 3.62. The van der Waals surface area contributed by atoms with Gasteiger partial charge in [0, 0.05) is 18.7 Å². The van der Waals surface area contributed by atoms with Crippen LogP contribution in [0.1, 0.15) is 18.1 Å². The van der Waals surface area contributed by atoms with E-state index in [0.717, 1.165) is 25.1 Å². The normalized spacial score (nSPS) is 19.8. The van der Waals surface area contributed by atoms with Crippen molar-refractivity contribution in [1.82, 2.24) is 10.3 Å². The molecule has 1 saturated heterocycles. The van der Waals surface area contributed by atoms with Crippen LogP contribution in [0.2, 0.25) is 0 Å². The Balaban J connectivity index is 1.88. The van der Waals surface area contributed by atoms with Crippen LogP contribution in [0.15, 0.2) is 48.7 Å². The van der Waals surface area contributed by atoms with Gasteiger partial charge in [-0.05, 0) is 30.7 Å². The first-order valence-corrected chi connectivity index (χ1v) is 6.87. The lowest BCUT2D eigenvalue weighted by Crippen LogP contribution is -2.22. The highest BCUT2D eigenvalue weighted by molar-refractivity contribution is 5.22. The summed E-state index contributed by atoms with van der Waals surface area (Å²) >= 11 is 0. The number of pyridine rings is 1. The van der Waals surface area contributed by atoms with Gasteiger partial charge in [-0.15, -0.1) is 0 Å². The zero-order valence-corrected chi connectivity index (χ0v) is 11.1. The van der Waals surface area contributed by atoms with Crippen molar-refractivity contribution < 1.29 is 9.13 Å². The zero-order valence-electron chi connectivity index (χ0n) is 11.1. The molecule has 2 aromatic rings. The quantitative estimate of drug-likeness (QED) is 0.929. The largest absolute Gasteiger partial charge is 0.467 e. The molecule has 0 amide bonds. The summed E-state index contributed by atoms with van der Waals surface area (Å²) in [5, 5.41) is 3.33. The molecule has 0 saturated carbocycles. The molecule has 104 valence electrons. The third kappa shape index (κ3) is 2.80. The highest BCUT2D eigenvalue weighted by Gasteiger charge is 2.28. The molecule has 2 heterocycles. The van der Waals surface area contributed by atoms with Crippen molar-refractivity contribution in [1.29, 1.82) is 0 Å². The van der Waals surface area contributed by atoms with Gasteiger partial charge in [0.05, 0.1) is 0 Å². The molecule has 1 aliphatic heterocycles. The first-order valence-electron chi connectivity index (χ1n) is 6.87. The number of aromatic nitrogens is 1. The van der Waals surface area contributed by atoms with Crippen LogP contribution in [-0.2, 0) is 0 Å². The van der Waals surface area contributed by atoms with Crippen molar-refractivity contribution in [3.05, 3.63) is 60.0 Å². The van der Waals surface area contributed by atoms with Crippen molar-refractivity contribution >= 4 is 0 Å². The first-order chi connectivity index (χ1) is 9.84. The fourth-order valence-electron chi connectivity index (χ4n) is 2.59. The molecule has 1 aromatic heterocycles. The number of halogens is 1. The molecule has 1 fully saturated rings. The highest BCUT2D eigenvalue weighted by Crippen LogP contribution is 2.31. The average Bonchev–Trinajstić information content (AvgIpc) is 3.01. The van der Waals surface area contributed by atoms with Crippen molar-refractivity contribution in [2.75, 3.05) is 13.1 Å². The van der Waals surface area contributed by atoms with E-state index >= 15 is 0 Å². The smallest absolute Gasteiger partial charge is 0.250 e. The Kier molecular flexibility index (Phi) is 3.92. The van der Waals surface area contributed by atoms with Crippen LogP contribution < -0.4 is 10.1 Å². The Labute approximate surface area is 117 Å². The molecule has 2 atom stereocenters. The molecule has 1 N–H and O–H groups in total. The minimum absolute atomic E-state index is 0.0771. The third-order valence-corrected chi connectivity index (χ3v) is 3.62. The maximum Gasteiger partial charge on any atom is 0.250 e.